The van der Waals surface area contributed by atoms with Crippen molar-refractivity contribution < 1.29 is 4.74 Å². The molecule has 1 aliphatic rings. The largest absolute Gasteiger partial charge is 0.493 e. The Morgan fingerprint density at radius 2 is 2.33 bits per heavy atom. The number of nitrogens with zero attached hydrogens (tertiary/aromatic N) is 2. The molecular weight excluding hydrogens is 226 g/mol. The van der Waals surface area contributed by atoms with E-state index in [-0.39, 0.29) is 0 Å². The van der Waals surface area contributed by atoms with Gasteiger partial charge in [-0.1, -0.05) is 13.3 Å². The monoisotopic (exact) mass is 251 g/mol. The number of ether oxygens (including phenoxy) is 1. The van der Waals surface area contributed by atoms with Crippen molar-refractivity contribution >= 4 is 0 Å². The van der Waals surface area contributed by atoms with Gasteiger partial charge in [0.1, 0.15) is 0 Å². The smallest absolute Gasteiger partial charge is 0.160 e. The Bertz CT molecular complexity index is 375. The minimum Gasteiger partial charge on any atom is -0.493 e. The maximum absolute atomic E-state index is 5.51. The van der Waals surface area contributed by atoms with Crippen LogP contribution in [0.1, 0.15) is 44.2 Å². The summed E-state index contributed by atoms with van der Waals surface area (Å²) in [6, 6.07) is 0. The lowest BCUT2D eigenvalue weighted by Gasteiger charge is -2.21. The normalized spacial score (nSPS) is 23.5. The summed E-state index contributed by atoms with van der Waals surface area (Å²) in [4.78, 5) is 0. The van der Waals surface area contributed by atoms with Gasteiger partial charge in [0.15, 0.2) is 5.75 Å². The molecule has 1 heterocycles. The molecule has 4 heteroatoms. The zero-order chi connectivity index (χ0) is 13.0. The molecule has 0 radical (unpaired) electrons. The van der Waals surface area contributed by atoms with Crippen LogP contribution in [0.3, 0.4) is 0 Å². The van der Waals surface area contributed by atoms with Crippen LogP contribution in [0.15, 0.2) is 6.20 Å². The Hall–Kier alpha value is -1.03. The van der Waals surface area contributed by atoms with Crippen LogP contribution in [-0.4, -0.2) is 30.5 Å². The van der Waals surface area contributed by atoms with Crippen molar-refractivity contribution in [2.24, 2.45) is 5.92 Å². The number of hydrogen-bond donors (Lipinski definition) is 1. The fourth-order valence-corrected chi connectivity index (χ4v) is 3.20. The number of rotatable bonds is 6. The highest BCUT2D eigenvalue weighted by molar-refractivity contribution is 5.30. The van der Waals surface area contributed by atoms with Crippen LogP contribution in [0.4, 0.5) is 0 Å². The standard InChI is InChI=1S/C14H25N3O/c1-4-8-17-14(13(18-3)10-16-17)12-7-5-6-11(12)9-15-2/h10-12,15H,4-9H2,1-3H3. The highest BCUT2D eigenvalue weighted by Gasteiger charge is 2.32. The molecule has 0 spiro atoms. The summed E-state index contributed by atoms with van der Waals surface area (Å²) in [6.45, 7) is 4.27. The van der Waals surface area contributed by atoms with E-state index in [1.165, 1.54) is 25.0 Å². The zero-order valence-electron chi connectivity index (χ0n) is 11.8. The van der Waals surface area contributed by atoms with Gasteiger partial charge in [-0.3, -0.25) is 4.68 Å². The topological polar surface area (TPSA) is 39.1 Å². The van der Waals surface area contributed by atoms with Crippen molar-refractivity contribution in [1.82, 2.24) is 15.1 Å². The molecule has 0 amide bonds. The Morgan fingerprint density at radius 1 is 1.50 bits per heavy atom. The van der Waals surface area contributed by atoms with Gasteiger partial charge in [0, 0.05) is 12.5 Å². The van der Waals surface area contributed by atoms with Crippen molar-refractivity contribution in [3.05, 3.63) is 11.9 Å². The van der Waals surface area contributed by atoms with Gasteiger partial charge in [-0.25, -0.2) is 0 Å². The van der Waals surface area contributed by atoms with E-state index < -0.39 is 0 Å². The molecular formula is C14H25N3O. The van der Waals surface area contributed by atoms with E-state index in [1.54, 1.807) is 7.11 Å². The van der Waals surface area contributed by atoms with Crippen LogP contribution in [0.2, 0.25) is 0 Å². The van der Waals surface area contributed by atoms with E-state index in [1.807, 2.05) is 13.2 Å². The maximum Gasteiger partial charge on any atom is 0.160 e. The molecule has 18 heavy (non-hydrogen) atoms. The van der Waals surface area contributed by atoms with Crippen molar-refractivity contribution in [1.29, 1.82) is 0 Å². The average molecular weight is 251 g/mol. The lowest BCUT2D eigenvalue weighted by atomic mass is 9.92. The molecule has 1 fully saturated rings. The number of methoxy groups -OCH3 is 1. The molecule has 1 N–H and O–H groups in total. The number of hydrogen-bond acceptors (Lipinski definition) is 3. The predicted octanol–water partition coefficient (Wildman–Crippen LogP) is 2.40. The molecule has 0 bridgehead atoms. The molecule has 0 saturated heterocycles. The third-order valence-electron chi connectivity index (χ3n) is 3.98. The second kappa shape index (κ2) is 6.23. The number of aryl methyl sites for hydroxylation is 1. The first-order chi connectivity index (χ1) is 8.81. The van der Waals surface area contributed by atoms with Crippen molar-refractivity contribution in [2.45, 2.75) is 45.1 Å². The molecule has 4 nitrogen and oxygen atoms in total. The van der Waals surface area contributed by atoms with E-state index >= 15 is 0 Å². The maximum atomic E-state index is 5.51. The Balaban J connectivity index is 2.26. The van der Waals surface area contributed by atoms with Gasteiger partial charge >= 0.3 is 0 Å². The van der Waals surface area contributed by atoms with E-state index in [9.17, 15) is 0 Å². The van der Waals surface area contributed by atoms with Crippen LogP contribution in [0.25, 0.3) is 0 Å². The molecule has 2 rings (SSSR count). The summed E-state index contributed by atoms with van der Waals surface area (Å²) >= 11 is 0. The van der Waals surface area contributed by atoms with Gasteiger partial charge in [0.05, 0.1) is 19.0 Å². The average Bonchev–Trinajstić information content (AvgIpc) is 2.96. The molecule has 2 unspecified atom stereocenters. The van der Waals surface area contributed by atoms with E-state index in [2.05, 4.69) is 22.0 Å². The molecule has 102 valence electrons. The highest BCUT2D eigenvalue weighted by Crippen LogP contribution is 2.42. The molecule has 1 aromatic rings. The van der Waals surface area contributed by atoms with E-state index in [0.717, 1.165) is 31.2 Å². The summed E-state index contributed by atoms with van der Waals surface area (Å²) in [5.74, 6) is 2.29. The van der Waals surface area contributed by atoms with Crippen LogP contribution in [-0.2, 0) is 6.54 Å². The van der Waals surface area contributed by atoms with Gasteiger partial charge in [-0.2, -0.15) is 5.10 Å². The number of aromatic nitrogens is 2. The fraction of sp³-hybridized carbons (Fsp3) is 0.786. The SMILES string of the molecule is CCCn1ncc(OC)c1C1CCCC1CNC. The Morgan fingerprint density at radius 3 is 3.00 bits per heavy atom. The lowest BCUT2D eigenvalue weighted by Crippen LogP contribution is -2.23. The van der Waals surface area contributed by atoms with Crippen LogP contribution in [0, 0.1) is 5.92 Å². The van der Waals surface area contributed by atoms with Gasteiger partial charge in [0.25, 0.3) is 0 Å². The van der Waals surface area contributed by atoms with Gasteiger partial charge in [-0.15, -0.1) is 0 Å². The van der Waals surface area contributed by atoms with Crippen LogP contribution < -0.4 is 10.1 Å². The summed E-state index contributed by atoms with van der Waals surface area (Å²) < 4.78 is 7.66. The minimum atomic E-state index is 0.599. The Labute approximate surface area is 110 Å². The third kappa shape index (κ3) is 2.53. The summed E-state index contributed by atoms with van der Waals surface area (Å²) in [5.41, 5.74) is 1.32. The highest BCUT2D eigenvalue weighted by atomic mass is 16.5. The van der Waals surface area contributed by atoms with Gasteiger partial charge in [0.2, 0.25) is 0 Å². The van der Waals surface area contributed by atoms with Crippen molar-refractivity contribution in [3.63, 3.8) is 0 Å². The van der Waals surface area contributed by atoms with Crippen LogP contribution in [0.5, 0.6) is 5.75 Å². The predicted molar refractivity (Wildman–Crippen MR) is 73.1 cm³/mol. The van der Waals surface area contributed by atoms with Gasteiger partial charge < -0.3 is 10.1 Å². The summed E-state index contributed by atoms with van der Waals surface area (Å²) in [6.07, 6.45) is 6.88. The van der Waals surface area contributed by atoms with Crippen molar-refractivity contribution in [3.8, 4) is 5.75 Å². The first-order valence-corrected chi connectivity index (χ1v) is 7.06. The zero-order valence-corrected chi connectivity index (χ0v) is 11.8. The summed E-state index contributed by atoms with van der Waals surface area (Å²) in [5, 5.41) is 7.81. The van der Waals surface area contributed by atoms with Crippen LogP contribution >= 0.6 is 0 Å². The van der Waals surface area contributed by atoms with E-state index in [4.69, 9.17) is 4.74 Å². The minimum absolute atomic E-state index is 0.599. The lowest BCUT2D eigenvalue weighted by molar-refractivity contribution is 0.380. The summed E-state index contributed by atoms with van der Waals surface area (Å²) in [7, 11) is 3.79. The molecule has 1 aromatic heterocycles. The van der Waals surface area contributed by atoms with Crippen molar-refractivity contribution in [2.75, 3.05) is 20.7 Å². The first-order valence-electron chi connectivity index (χ1n) is 7.06. The quantitative estimate of drug-likeness (QED) is 0.844. The number of nitrogens with one attached hydrogen (secondary N) is 1. The molecule has 2 atom stereocenters. The molecule has 1 aliphatic carbocycles. The molecule has 1 saturated carbocycles. The first kappa shape index (κ1) is 13.4. The second-order valence-corrected chi connectivity index (χ2v) is 5.18. The second-order valence-electron chi connectivity index (χ2n) is 5.18. The fourth-order valence-electron chi connectivity index (χ4n) is 3.20. The molecule has 0 aromatic carbocycles. The third-order valence-corrected chi connectivity index (χ3v) is 3.98. The van der Waals surface area contributed by atoms with E-state index in [0.29, 0.717) is 5.92 Å². The van der Waals surface area contributed by atoms with Gasteiger partial charge in [-0.05, 0) is 38.8 Å². The Kier molecular flexibility index (Phi) is 4.64. The molecule has 0 aliphatic heterocycles.